The van der Waals surface area contributed by atoms with Gasteiger partial charge in [0.05, 0.1) is 6.42 Å². The number of hydrogen-bond donors (Lipinski definition) is 2. The summed E-state index contributed by atoms with van der Waals surface area (Å²) < 4.78 is 71.2. The number of nitrogens with one attached hydrogen (secondary N) is 2. The van der Waals surface area contributed by atoms with Crippen molar-refractivity contribution in [3.05, 3.63) is 41.8 Å². The first kappa shape index (κ1) is 23.6. The van der Waals surface area contributed by atoms with E-state index in [-0.39, 0.29) is 22.9 Å². The Kier molecular flexibility index (Phi) is 7.81. The Labute approximate surface area is 174 Å². The Balaban J connectivity index is 1.77. The quantitative estimate of drug-likeness (QED) is 0.550. The van der Waals surface area contributed by atoms with Gasteiger partial charge in [0.2, 0.25) is 10.0 Å². The highest BCUT2D eigenvalue weighted by Crippen LogP contribution is 2.24. The van der Waals surface area contributed by atoms with Crippen LogP contribution in [-0.4, -0.2) is 39.3 Å². The van der Waals surface area contributed by atoms with Crippen molar-refractivity contribution in [1.82, 2.24) is 4.72 Å². The van der Waals surface area contributed by atoms with E-state index >= 15 is 0 Å². The van der Waals surface area contributed by atoms with E-state index in [1.165, 1.54) is 25.1 Å². The predicted octanol–water partition coefficient (Wildman–Crippen LogP) is 2.89. The lowest BCUT2D eigenvalue weighted by molar-refractivity contribution is -0.274. The average molecular weight is 466 g/mol. The number of amides is 1. The van der Waals surface area contributed by atoms with Crippen LogP contribution in [0.4, 0.5) is 18.9 Å². The van der Waals surface area contributed by atoms with Crippen molar-refractivity contribution in [2.75, 3.05) is 11.9 Å². The Morgan fingerprint density at radius 2 is 1.83 bits per heavy atom. The number of anilines is 1. The summed E-state index contributed by atoms with van der Waals surface area (Å²) >= 11 is 1.02. The molecule has 0 spiro atoms. The fourth-order valence-corrected chi connectivity index (χ4v) is 4.14. The second-order valence-corrected chi connectivity index (χ2v) is 8.71. The third-order valence-electron chi connectivity index (χ3n) is 3.41. The number of carbonyl (C=O) groups excluding carboxylic acids is 2. The molecule has 0 radical (unpaired) electrons. The Morgan fingerprint density at radius 3 is 2.40 bits per heavy atom. The molecule has 1 unspecified atom stereocenters. The molecule has 0 aliphatic rings. The Morgan fingerprint density at radius 1 is 1.17 bits per heavy atom. The van der Waals surface area contributed by atoms with Crippen LogP contribution in [0.5, 0.6) is 5.75 Å². The van der Waals surface area contributed by atoms with Crippen LogP contribution in [0.1, 0.15) is 13.3 Å². The van der Waals surface area contributed by atoms with Crippen LogP contribution in [0.15, 0.2) is 46.0 Å². The van der Waals surface area contributed by atoms with Gasteiger partial charge in [0, 0.05) is 12.2 Å². The van der Waals surface area contributed by atoms with Crippen LogP contribution < -0.4 is 14.8 Å². The lowest BCUT2D eigenvalue weighted by Gasteiger charge is -2.14. The van der Waals surface area contributed by atoms with Crippen LogP contribution >= 0.6 is 11.3 Å². The number of halogens is 3. The summed E-state index contributed by atoms with van der Waals surface area (Å²) in [6, 6.07) is 7.39. The first-order valence-corrected chi connectivity index (χ1v) is 10.7. The Bertz CT molecular complexity index is 960. The van der Waals surface area contributed by atoms with E-state index in [2.05, 4.69) is 14.8 Å². The molecule has 2 rings (SSSR count). The van der Waals surface area contributed by atoms with Gasteiger partial charge in [-0.15, -0.1) is 24.5 Å². The molecule has 1 aromatic heterocycles. The molecule has 0 fully saturated rings. The number of esters is 1. The number of sulfonamides is 1. The minimum Gasteiger partial charge on any atom is -0.452 e. The summed E-state index contributed by atoms with van der Waals surface area (Å²) in [5.74, 6) is -1.97. The van der Waals surface area contributed by atoms with E-state index < -0.39 is 40.1 Å². The summed E-state index contributed by atoms with van der Waals surface area (Å²) in [6.45, 7) is 1.08. The van der Waals surface area contributed by atoms with Gasteiger partial charge >= 0.3 is 12.3 Å². The van der Waals surface area contributed by atoms with Gasteiger partial charge in [0.15, 0.2) is 6.10 Å². The van der Waals surface area contributed by atoms with Crippen molar-refractivity contribution in [1.29, 1.82) is 0 Å². The predicted molar refractivity (Wildman–Crippen MR) is 101 cm³/mol. The lowest BCUT2D eigenvalue weighted by Crippen LogP contribution is -2.32. The number of carbonyl (C=O) groups is 2. The molecule has 13 heteroatoms. The number of hydrogen-bond acceptors (Lipinski definition) is 7. The van der Waals surface area contributed by atoms with E-state index in [1.54, 1.807) is 11.4 Å². The van der Waals surface area contributed by atoms with E-state index in [4.69, 9.17) is 4.74 Å². The minimum atomic E-state index is -4.83. The zero-order chi connectivity index (χ0) is 22.4. The van der Waals surface area contributed by atoms with Gasteiger partial charge in [-0.2, -0.15) is 0 Å². The maximum atomic E-state index is 12.1. The zero-order valence-corrected chi connectivity index (χ0v) is 17.1. The third kappa shape index (κ3) is 7.65. The number of thiophene rings is 1. The highest BCUT2D eigenvalue weighted by atomic mass is 32.2. The summed E-state index contributed by atoms with van der Waals surface area (Å²) in [5, 5.41) is 3.97. The van der Waals surface area contributed by atoms with E-state index in [9.17, 15) is 31.2 Å². The molecule has 0 bridgehead atoms. The number of ether oxygens (including phenoxy) is 2. The standard InChI is InChI=1S/C17H17F3N2O6S2/c1-11(16(24)22-12-4-6-13(7-5-12)28-17(18,19)20)27-14(23)8-9-21-30(25,26)15-3-2-10-29-15/h2-7,10-11,21H,8-9H2,1H3,(H,22,24). The van der Waals surface area contributed by atoms with Gasteiger partial charge in [0.1, 0.15) is 9.96 Å². The van der Waals surface area contributed by atoms with Gasteiger partial charge in [-0.05, 0) is 42.6 Å². The van der Waals surface area contributed by atoms with Crippen LogP contribution in [0.2, 0.25) is 0 Å². The molecule has 30 heavy (non-hydrogen) atoms. The van der Waals surface area contributed by atoms with Crippen LogP contribution in [0, 0.1) is 0 Å². The molecule has 1 aromatic carbocycles. The molecule has 0 aliphatic heterocycles. The van der Waals surface area contributed by atoms with Crippen molar-refractivity contribution < 1.29 is 40.7 Å². The lowest BCUT2D eigenvalue weighted by atomic mass is 10.3. The van der Waals surface area contributed by atoms with Crippen molar-refractivity contribution in [3.8, 4) is 5.75 Å². The number of rotatable bonds is 9. The summed E-state index contributed by atoms with van der Waals surface area (Å²) in [6.07, 6.45) is -6.34. The largest absolute Gasteiger partial charge is 0.573 e. The molecule has 8 nitrogen and oxygen atoms in total. The maximum Gasteiger partial charge on any atom is 0.573 e. The summed E-state index contributed by atoms with van der Waals surface area (Å²) in [5.41, 5.74) is 0.168. The fraction of sp³-hybridized carbons (Fsp3) is 0.294. The Hall–Kier alpha value is -2.64. The van der Waals surface area contributed by atoms with E-state index in [1.807, 2.05) is 0 Å². The normalized spacial score (nSPS) is 12.8. The molecule has 1 amide bonds. The number of benzene rings is 1. The van der Waals surface area contributed by atoms with Gasteiger partial charge in [-0.1, -0.05) is 6.07 Å². The van der Waals surface area contributed by atoms with Crippen LogP contribution in [0.25, 0.3) is 0 Å². The van der Waals surface area contributed by atoms with Gasteiger partial charge in [0.25, 0.3) is 5.91 Å². The number of alkyl halides is 3. The van der Waals surface area contributed by atoms with E-state index in [0.717, 1.165) is 23.5 Å². The SMILES string of the molecule is CC(OC(=O)CCNS(=O)(=O)c1cccs1)C(=O)Nc1ccc(OC(F)(F)F)cc1. The van der Waals surface area contributed by atoms with Gasteiger partial charge in [-0.25, -0.2) is 13.1 Å². The first-order chi connectivity index (χ1) is 14.0. The molecular formula is C17H17F3N2O6S2. The average Bonchev–Trinajstić information content (AvgIpc) is 3.17. The molecular weight excluding hydrogens is 449 g/mol. The molecule has 1 atom stereocenters. The molecule has 2 N–H and O–H groups in total. The second-order valence-electron chi connectivity index (χ2n) is 5.77. The zero-order valence-electron chi connectivity index (χ0n) is 15.4. The monoisotopic (exact) mass is 466 g/mol. The van der Waals surface area contributed by atoms with Crippen molar-refractivity contribution >= 4 is 38.9 Å². The summed E-state index contributed by atoms with van der Waals surface area (Å²) in [7, 11) is -3.71. The molecule has 164 valence electrons. The topological polar surface area (TPSA) is 111 Å². The highest BCUT2D eigenvalue weighted by Gasteiger charge is 2.31. The first-order valence-electron chi connectivity index (χ1n) is 8.35. The van der Waals surface area contributed by atoms with E-state index in [0.29, 0.717) is 0 Å². The van der Waals surface area contributed by atoms with Crippen LogP contribution in [-0.2, 0) is 24.3 Å². The fourth-order valence-electron chi connectivity index (χ4n) is 2.07. The van der Waals surface area contributed by atoms with Crippen molar-refractivity contribution in [3.63, 3.8) is 0 Å². The van der Waals surface area contributed by atoms with Crippen molar-refractivity contribution in [2.45, 2.75) is 30.0 Å². The third-order valence-corrected chi connectivity index (χ3v) is 6.27. The minimum absolute atomic E-state index is 0.107. The van der Waals surface area contributed by atoms with Gasteiger partial charge < -0.3 is 14.8 Å². The van der Waals surface area contributed by atoms with Gasteiger partial charge in [-0.3, -0.25) is 9.59 Å². The maximum absolute atomic E-state index is 12.1. The molecule has 0 aliphatic carbocycles. The van der Waals surface area contributed by atoms with Crippen molar-refractivity contribution in [2.24, 2.45) is 0 Å². The summed E-state index contributed by atoms with van der Waals surface area (Å²) in [4.78, 5) is 23.8. The van der Waals surface area contributed by atoms with Crippen LogP contribution in [0.3, 0.4) is 0 Å². The molecule has 0 saturated heterocycles. The highest BCUT2D eigenvalue weighted by molar-refractivity contribution is 7.91. The smallest absolute Gasteiger partial charge is 0.452 e. The molecule has 1 heterocycles. The second kappa shape index (κ2) is 9.91. The molecule has 2 aromatic rings. The molecule has 0 saturated carbocycles.